The molecular weight excluding hydrogens is 508 g/mol. The molecule has 1 aliphatic rings. The first-order valence-electron chi connectivity index (χ1n) is 13.4. The molecule has 0 unspecified atom stereocenters. The molecule has 0 aliphatic heterocycles. The fourth-order valence-electron chi connectivity index (χ4n) is 5.28. The Bertz CT molecular complexity index is 1640. The number of aryl methyl sites for hydroxylation is 1. The summed E-state index contributed by atoms with van der Waals surface area (Å²) in [5.74, 6) is -0.0872. The van der Waals surface area contributed by atoms with Gasteiger partial charge in [0.25, 0.3) is 0 Å². The van der Waals surface area contributed by atoms with Gasteiger partial charge in [-0.2, -0.15) is 5.10 Å². The van der Waals surface area contributed by atoms with Crippen molar-refractivity contribution in [3.8, 4) is 16.9 Å². The Morgan fingerprint density at radius 2 is 1.80 bits per heavy atom. The number of carbonyl (C=O) groups excluding carboxylic acids is 1. The summed E-state index contributed by atoms with van der Waals surface area (Å²) in [4.78, 5) is 36.5. The third-order valence-electron chi connectivity index (χ3n) is 7.70. The van der Waals surface area contributed by atoms with Gasteiger partial charge in [-0.15, -0.1) is 5.10 Å². The van der Waals surface area contributed by atoms with Crippen LogP contribution in [0.25, 0.3) is 22.6 Å². The van der Waals surface area contributed by atoms with Crippen LogP contribution in [0.15, 0.2) is 67.4 Å². The maximum atomic E-state index is 13.9. The molecule has 0 atom stereocenters. The number of aromatic nitrogens is 7. The predicted octanol–water partition coefficient (Wildman–Crippen LogP) is 4.37. The molecule has 11 nitrogen and oxygen atoms in total. The zero-order chi connectivity index (χ0) is 27.8. The topological polar surface area (TPSA) is 123 Å². The SMILES string of the molecule is Cn1ccnc1CN(c1nn(-c2ccc(-c3cc4ncccn4n3)cc2)cc1C(=O)O)C(=O)[C@H]1CC[C@H](C)CC1. The largest absolute Gasteiger partial charge is 0.477 e. The molecule has 1 N–H and O–H groups in total. The molecule has 4 aromatic heterocycles. The molecule has 0 radical (unpaired) electrons. The van der Waals surface area contributed by atoms with E-state index in [2.05, 4.69) is 27.1 Å². The lowest BCUT2D eigenvalue weighted by molar-refractivity contribution is -0.123. The highest BCUT2D eigenvalue weighted by Crippen LogP contribution is 2.33. The number of hydrogen-bond acceptors (Lipinski definition) is 6. The van der Waals surface area contributed by atoms with Crippen LogP contribution >= 0.6 is 0 Å². The highest BCUT2D eigenvalue weighted by Gasteiger charge is 2.33. The van der Waals surface area contributed by atoms with Crippen LogP contribution in [-0.2, 0) is 18.4 Å². The van der Waals surface area contributed by atoms with Crippen LogP contribution in [0.1, 0.15) is 48.8 Å². The molecule has 4 heterocycles. The lowest BCUT2D eigenvalue weighted by Gasteiger charge is -2.30. The Labute approximate surface area is 230 Å². The minimum absolute atomic E-state index is 0.0396. The summed E-state index contributed by atoms with van der Waals surface area (Å²) in [6.07, 6.45) is 12.0. The summed E-state index contributed by atoms with van der Waals surface area (Å²) in [6, 6.07) is 11.2. The minimum atomic E-state index is -1.15. The fraction of sp³-hybridized carbons (Fsp3) is 0.310. The fourth-order valence-corrected chi connectivity index (χ4v) is 5.28. The summed E-state index contributed by atoms with van der Waals surface area (Å²) in [7, 11) is 1.85. The Balaban J connectivity index is 1.35. The number of carbonyl (C=O) groups is 2. The van der Waals surface area contributed by atoms with Gasteiger partial charge >= 0.3 is 5.97 Å². The smallest absolute Gasteiger partial charge is 0.341 e. The van der Waals surface area contributed by atoms with E-state index in [1.165, 1.54) is 15.8 Å². The number of aromatic carboxylic acids is 1. The second-order valence-corrected chi connectivity index (χ2v) is 10.5. The normalized spacial score (nSPS) is 17.2. The molecule has 0 spiro atoms. The van der Waals surface area contributed by atoms with E-state index in [-0.39, 0.29) is 29.8 Å². The van der Waals surface area contributed by atoms with E-state index in [0.717, 1.165) is 42.6 Å². The van der Waals surface area contributed by atoms with Crippen molar-refractivity contribution in [1.82, 2.24) is 33.9 Å². The second-order valence-electron chi connectivity index (χ2n) is 10.5. The second kappa shape index (κ2) is 10.4. The van der Waals surface area contributed by atoms with Crippen LogP contribution in [0, 0.1) is 11.8 Å². The zero-order valence-electron chi connectivity index (χ0n) is 22.4. The molecule has 1 aliphatic carbocycles. The van der Waals surface area contributed by atoms with Gasteiger partial charge in [0.1, 0.15) is 11.4 Å². The minimum Gasteiger partial charge on any atom is -0.477 e. The van der Waals surface area contributed by atoms with Crippen LogP contribution in [0.2, 0.25) is 0 Å². The van der Waals surface area contributed by atoms with E-state index in [4.69, 9.17) is 0 Å². The van der Waals surface area contributed by atoms with Gasteiger partial charge < -0.3 is 9.67 Å². The Hall–Kier alpha value is -4.80. The van der Waals surface area contributed by atoms with E-state index in [1.54, 1.807) is 23.1 Å². The number of amides is 1. The number of hydrogen-bond donors (Lipinski definition) is 1. The molecule has 6 rings (SSSR count). The van der Waals surface area contributed by atoms with Crippen LogP contribution in [0.3, 0.4) is 0 Å². The summed E-state index contributed by atoms with van der Waals surface area (Å²) in [6.45, 7) is 2.33. The number of fused-ring (bicyclic) bond motifs is 1. The summed E-state index contributed by atoms with van der Waals surface area (Å²) < 4.78 is 5.05. The number of benzene rings is 1. The highest BCUT2D eigenvalue weighted by atomic mass is 16.4. The van der Waals surface area contributed by atoms with Gasteiger partial charge in [-0.3, -0.25) is 9.69 Å². The summed E-state index contributed by atoms with van der Waals surface area (Å²) >= 11 is 0. The molecule has 1 amide bonds. The van der Waals surface area contributed by atoms with Crippen molar-refractivity contribution in [2.24, 2.45) is 18.9 Å². The first-order chi connectivity index (χ1) is 19.4. The van der Waals surface area contributed by atoms with Crippen LogP contribution in [0.5, 0.6) is 0 Å². The maximum absolute atomic E-state index is 13.9. The van der Waals surface area contributed by atoms with E-state index < -0.39 is 5.97 Å². The third kappa shape index (κ3) is 4.86. The quantitative estimate of drug-likeness (QED) is 0.326. The Kier molecular flexibility index (Phi) is 6.63. The van der Waals surface area contributed by atoms with Gasteiger partial charge in [-0.1, -0.05) is 19.1 Å². The van der Waals surface area contributed by atoms with Crippen molar-refractivity contribution in [1.29, 1.82) is 0 Å². The van der Waals surface area contributed by atoms with Gasteiger partial charge in [-0.25, -0.2) is 24.0 Å². The number of anilines is 1. The van der Waals surface area contributed by atoms with Crippen LogP contribution in [-0.4, -0.2) is 50.9 Å². The summed E-state index contributed by atoms with van der Waals surface area (Å²) in [5, 5.41) is 19.3. The molecule has 1 aromatic carbocycles. The zero-order valence-corrected chi connectivity index (χ0v) is 22.4. The monoisotopic (exact) mass is 538 g/mol. The van der Waals surface area contributed by atoms with E-state index in [1.807, 2.05) is 54.2 Å². The van der Waals surface area contributed by atoms with Gasteiger partial charge in [0.05, 0.1) is 17.9 Å². The predicted molar refractivity (Wildman–Crippen MR) is 148 cm³/mol. The number of imidazole rings is 1. The van der Waals surface area contributed by atoms with Gasteiger partial charge in [0, 0.05) is 55.6 Å². The van der Waals surface area contributed by atoms with Crippen molar-refractivity contribution in [3.63, 3.8) is 0 Å². The van der Waals surface area contributed by atoms with Crippen molar-refractivity contribution in [3.05, 3.63) is 78.8 Å². The molecule has 11 heteroatoms. The van der Waals surface area contributed by atoms with E-state index in [9.17, 15) is 14.7 Å². The molecule has 204 valence electrons. The standard InChI is InChI=1S/C29H30N8O3/c1-19-4-6-21(7-5-19)28(38)35(18-26-31-13-15-34(26)2)27-23(29(39)40)17-37(33-27)22-10-8-20(9-11-22)24-16-25-30-12-3-14-36(25)32-24/h3,8-17,19,21H,4-7,18H2,1-2H3,(H,39,40)/t19-,21-. The first kappa shape index (κ1) is 25.5. The van der Waals surface area contributed by atoms with Gasteiger partial charge in [0.2, 0.25) is 5.91 Å². The van der Waals surface area contributed by atoms with E-state index >= 15 is 0 Å². The lowest BCUT2D eigenvalue weighted by atomic mass is 9.82. The molecule has 40 heavy (non-hydrogen) atoms. The van der Waals surface area contributed by atoms with Crippen molar-refractivity contribution in [2.75, 3.05) is 4.90 Å². The van der Waals surface area contributed by atoms with E-state index in [0.29, 0.717) is 17.4 Å². The maximum Gasteiger partial charge on any atom is 0.341 e. The highest BCUT2D eigenvalue weighted by molar-refractivity contribution is 6.01. The molecule has 1 fully saturated rings. The van der Waals surface area contributed by atoms with Crippen LogP contribution in [0.4, 0.5) is 5.82 Å². The molecule has 5 aromatic rings. The number of carboxylic acid groups (broad SMARTS) is 1. The summed E-state index contributed by atoms with van der Waals surface area (Å²) in [5.41, 5.74) is 3.02. The third-order valence-corrected chi connectivity index (χ3v) is 7.70. The van der Waals surface area contributed by atoms with Crippen LogP contribution < -0.4 is 4.90 Å². The van der Waals surface area contributed by atoms with Crippen molar-refractivity contribution in [2.45, 2.75) is 39.2 Å². The van der Waals surface area contributed by atoms with Crippen molar-refractivity contribution < 1.29 is 14.7 Å². The lowest BCUT2D eigenvalue weighted by Crippen LogP contribution is -2.39. The first-order valence-corrected chi connectivity index (χ1v) is 13.4. The van der Waals surface area contributed by atoms with Crippen molar-refractivity contribution >= 4 is 23.3 Å². The molecular formula is C29H30N8O3. The van der Waals surface area contributed by atoms with Gasteiger partial charge in [-0.05, 0) is 49.8 Å². The Morgan fingerprint density at radius 1 is 1.02 bits per heavy atom. The Morgan fingerprint density at radius 3 is 2.48 bits per heavy atom. The van der Waals surface area contributed by atoms with Gasteiger partial charge in [0.15, 0.2) is 11.5 Å². The number of carboxylic acids is 1. The number of rotatable bonds is 7. The molecule has 0 saturated heterocycles. The average molecular weight is 539 g/mol. The average Bonchev–Trinajstić information content (AvgIpc) is 3.70. The number of nitrogens with zero attached hydrogens (tertiary/aromatic N) is 8. The molecule has 1 saturated carbocycles. The molecule has 0 bridgehead atoms.